The Hall–Kier alpha value is -0.240. The van der Waals surface area contributed by atoms with E-state index in [2.05, 4.69) is 6.92 Å². The van der Waals surface area contributed by atoms with Crippen molar-refractivity contribution >= 4 is 17.0 Å². The number of nitrogens with zero attached hydrogens (tertiary/aromatic N) is 1. The minimum Gasteiger partial charge on any atom is -0.329 e. The lowest BCUT2D eigenvalue weighted by Crippen LogP contribution is -2.35. The predicted octanol–water partition coefficient (Wildman–Crippen LogP) is 3.25. The average molecular weight is 204 g/mol. The van der Waals surface area contributed by atoms with Gasteiger partial charge in [0.25, 0.3) is 0 Å². The van der Waals surface area contributed by atoms with Crippen LogP contribution in [0.25, 0.3) is 0 Å². The lowest BCUT2D eigenvalue weighted by Gasteiger charge is -2.30. The van der Waals surface area contributed by atoms with Gasteiger partial charge in [0.05, 0.1) is 0 Å². The molecule has 1 amide bonds. The molecule has 3 heteroatoms. The quantitative estimate of drug-likeness (QED) is 0.510. The molecule has 0 saturated carbocycles. The summed E-state index contributed by atoms with van der Waals surface area (Å²) in [5.41, 5.74) is 0. The Bertz CT molecular complexity index is 164. The number of carbonyl (C=O) groups excluding carboxylic acids is 1. The standard InChI is InChI=1S/C10H18ClNO/c1-2-3-4-9-5-7-12(8-6-9)10(11)13/h9H,2-8H2,1H3. The second kappa shape index (κ2) is 5.48. The molecule has 0 N–H and O–H groups in total. The van der Waals surface area contributed by atoms with E-state index in [0.717, 1.165) is 31.8 Å². The van der Waals surface area contributed by atoms with Gasteiger partial charge in [-0.1, -0.05) is 26.2 Å². The van der Waals surface area contributed by atoms with Crippen molar-refractivity contribution in [2.75, 3.05) is 13.1 Å². The SMILES string of the molecule is CCCCC1CCN(C(=O)Cl)CC1. The first-order valence-electron chi connectivity index (χ1n) is 5.18. The van der Waals surface area contributed by atoms with Crippen LogP contribution < -0.4 is 0 Å². The molecule has 1 heterocycles. The zero-order chi connectivity index (χ0) is 9.68. The first-order chi connectivity index (χ1) is 6.24. The Balaban J connectivity index is 2.18. The highest BCUT2D eigenvalue weighted by molar-refractivity contribution is 6.62. The van der Waals surface area contributed by atoms with E-state index in [0.29, 0.717) is 0 Å². The van der Waals surface area contributed by atoms with E-state index in [-0.39, 0.29) is 5.37 Å². The normalized spacial score (nSPS) is 19.1. The molecule has 0 spiro atoms. The molecule has 1 rings (SSSR count). The van der Waals surface area contributed by atoms with Crippen LogP contribution in [0.5, 0.6) is 0 Å². The number of halogens is 1. The Morgan fingerprint density at radius 2 is 2.08 bits per heavy atom. The van der Waals surface area contributed by atoms with Gasteiger partial charge in [0.1, 0.15) is 0 Å². The summed E-state index contributed by atoms with van der Waals surface area (Å²) < 4.78 is 0. The Kier molecular flexibility index (Phi) is 4.57. The van der Waals surface area contributed by atoms with Crippen molar-refractivity contribution in [3.63, 3.8) is 0 Å². The zero-order valence-corrected chi connectivity index (χ0v) is 9.02. The molecule has 0 aromatic rings. The third kappa shape index (κ3) is 3.55. The van der Waals surface area contributed by atoms with Crippen LogP contribution in [0.4, 0.5) is 4.79 Å². The highest BCUT2D eigenvalue weighted by atomic mass is 35.5. The maximum Gasteiger partial charge on any atom is 0.316 e. The van der Waals surface area contributed by atoms with Crippen LogP contribution in [0.15, 0.2) is 0 Å². The third-order valence-corrected chi connectivity index (χ3v) is 3.07. The smallest absolute Gasteiger partial charge is 0.316 e. The fourth-order valence-corrected chi connectivity index (χ4v) is 2.06. The minimum absolute atomic E-state index is 0.283. The molecular formula is C10H18ClNO. The Morgan fingerprint density at radius 1 is 1.46 bits per heavy atom. The van der Waals surface area contributed by atoms with Gasteiger partial charge in [0, 0.05) is 13.1 Å². The highest BCUT2D eigenvalue weighted by Crippen LogP contribution is 2.22. The molecule has 1 aliphatic rings. The van der Waals surface area contributed by atoms with Crippen molar-refractivity contribution in [2.24, 2.45) is 5.92 Å². The van der Waals surface area contributed by atoms with E-state index in [1.807, 2.05) is 0 Å². The van der Waals surface area contributed by atoms with Crippen LogP contribution in [0.1, 0.15) is 39.0 Å². The van der Waals surface area contributed by atoms with Crippen molar-refractivity contribution in [1.29, 1.82) is 0 Å². The summed E-state index contributed by atoms with van der Waals surface area (Å²) in [4.78, 5) is 12.6. The fraction of sp³-hybridized carbons (Fsp3) is 0.900. The maximum absolute atomic E-state index is 10.8. The molecule has 76 valence electrons. The summed E-state index contributed by atoms with van der Waals surface area (Å²) in [5, 5.41) is -0.283. The van der Waals surface area contributed by atoms with Crippen molar-refractivity contribution in [3.8, 4) is 0 Å². The number of rotatable bonds is 3. The van der Waals surface area contributed by atoms with Gasteiger partial charge in [-0.2, -0.15) is 0 Å². The summed E-state index contributed by atoms with van der Waals surface area (Å²) in [5.74, 6) is 0.826. The van der Waals surface area contributed by atoms with Crippen LogP contribution in [0, 0.1) is 5.92 Å². The summed E-state index contributed by atoms with van der Waals surface area (Å²) >= 11 is 5.40. The number of hydrogen-bond acceptors (Lipinski definition) is 1. The summed E-state index contributed by atoms with van der Waals surface area (Å²) in [6.07, 6.45) is 6.19. The molecular weight excluding hydrogens is 186 g/mol. The minimum atomic E-state index is -0.283. The average Bonchev–Trinajstić information content (AvgIpc) is 2.15. The lowest BCUT2D eigenvalue weighted by atomic mass is 9.92. The van der Waals surface area contributed by atoms with E-state index in [4.69, 9.17) is 11.6 Å². The number of likely N-dealkylation sites (tertiary alicyclic amines) is 1. The largest absolute Gasteiger partial charge is 0.329 e. The van der Waals surface area contributed by atoms with Gasteiger partial charge in [-0.3, -0.25) is 4.79 Å². The predicted molar refractivity (Wildman–Crippen MR) is 55.1 cm³/mol. The van der Waals surface area contributed by atoms with Crippen LogP contribution >= 0.6 is 11.6 Å². The third-order valence-electron chi connectivity index (χ3n) is 2.83. The van der Waals surface area contributed by atoms with Crippen LogP contribution in [-0.4, -0.2) is 23.4 Å². The zero-order valence-electron chi connectivity index (χ0n) is 8.26. The molecule has 0 aliphatic carbocycles. The van der Waals surface area contributed by atoms with E-state index in [9.17, 15) is 4.79 Å². The van der Waals surface area contributed by atoms with Crippen LogP contribution in [-0.2, 0) is 0 Å². The Labute approximate surface area is 85.2 Å². The molecule has 0 bridgehead atoms. The monoisotopic (exact) mass is 203 g/mol. The Morgan fingerprint density at radius 3 is 2.54 bits per heavy atom. The van der Waals surface area contributed by atoms with Gasteiger partial charge in [-0.15, -0.1) is 0 Å². The van der Waals surface area contributed by atoms with Crippen molar-refractivity contribution in [3.05, 3.63) is 0 Å². The summed E-state index contributed by atoms with van der Waals surface area (Å²) in [6.45, 7) is 3.94. The molecule has 1 saturated heterocycles. The maximum atomic E-state index is 10.8. The summed E-state index contributed by atoms with van der Waals surface area (Å²) in [7, 11) is 0. The van der Waals surface area contributed by atoms with Gasteiger partial charge in [-0.05, 0) is 30.4 Å². The molecule has 0 radical (unpaired) electrons. The molecule has 2 nitrogen and oxygen atoms in total. The summed E-state index contributed by atoms with van der Waals surface area (Å²) in [6, 6.07) is 0. The van der Waals surface area contributed by atoms with Gasteiger partial charge in [0.2, 0.25) is 0 Å². The van der Waals surface area contributed by atoms with Crippen LogP contribution in [0.2, 0.25) is 0 Å². The molecule has 0 unspecified atom stereocenters. The van der Waals surface area contributed by atoms with Crippen molar-refractivity contribution in [1.82, 2.24) is 4.90 Å². The highest BCUT2D eigenvalue weighted by Gasteiger charge is 2.20. The second-order valence-electron chi connectivity index (χ2n) is 3.83. The molecule has 0 aromatic heterocycles. The van der Waals surface area contributed by atoms with Gasteiger partial charge >= 0.3 is 5.37 Å². The number of carbonyl (C=O) groups is 1. The molecule has 0 aromatic carbocycles. The van der Waals surface area contributed by atoms with Gasteiger partial charge in [0.15, 0.2) is 0 Å². The van der Waals surface area contributed by atoms with Crippen LogP contribution in [0.3, 0.4) is 0 Å². The van der Waals surface area contributed by atoms with Crippen molar-refractivity contribution in [2.45, 2.75) is 39.0 Å². The number of amides is 1. The van der Waals surface area contributed by atoms with Crippen molar-refractivity contribution < 1.29 is 4.79 Å². The van der Waals surface area contributed by atoms with Gasteiger partial charge < -0.3 is 4.90 Å². The van der Waals surface area contributed by atoms with E-state index < -0.39 is 0 Å². The van der Waals surface area contributed by atoms with E-state index >= 15 is 0 Å². The molecule has 1 aliphatic heterocycles. The number of piperidine rings is 1. The fourth-order valence-electron chi connectivity index (χ4n) is 1.89. The van der Waals surface area contributed by atoms with E-state index in [1.165, 1.54) is 19.3 Å². The number of unbranched alkanes of at least 4 members (excludes halogenated alkanes) is 1. The lowest BCUT2D eigenvalue weighted by molar-refractivity contribution is 0.187. The first kappa shape index (κ1) is 10.8. The second-order valence-corrected chi connectivity index (χ2v) is 4.15. The first-order valence-corrected chi connectivity index (χ1v) is 5.56. The van der Waals surface area contributed by atoms with E-state index in [1.54, 1.807) is 4.90 Å². The van der Waals surface area contributed by atoms with Gasteiger partial charge in [-0.25, -0.2) is 0 Å². The number of hydrogen-bond donors (Lipinski definition) is 0. The molecule has 1 fully saturated rings. The molecule has 13 heavy (non-hydrogen) atoms. The molecule has 0 atom stereocenters. The topological polar surface area (TPSA) is 20.3 Å².